The highest BCUT2D eigenvalue weighted by Gasteiger charge is 2.23. The molecule has 0 saturated carbocycles. The minimum atomic E-state index is -4.05. The molecule has 2 aromatic carbocycles. The molecule has 1 aromatic heterocycles. The Labute approximate surface area is 157 Å². The van der Waals surface area contributed by atoms with Crippen molar-refractivity contribution in [3.8, 4) is 0 Å². The fraction of sp³-hybridized carbons (Fsp3) is 0.263. The van der Waals surface area contributed by atoms with Gasteiger partial charge < -0.3 is 9.47 Å². The summed E-state index contributed by atoms with van der Waals surface area (Å²) in [4.78, 5) is 1.46. The number of hydrogen-bond acceptors (Lipinski definition) is 3. The molecule has 5 nitrogen and oxygen atoms in total. The van der Waals surface area contributed by atoms with E-state index in [2.05, 4.69) is 4.72 Å². The van der Waals surface area contributed by atoms with Crippen LogP contribution in [0.1, 0.15) is 11.6 Å². The van der Waals surface area contributed by atoms with Gasteiger partial charge in [-0.15, -0.1) is 0 Å². The molecule has 0 saturated heterocycles. The molecule has 3 aromatic rings. The predicted molar refractivity (Wildman–Crippen MR) is 101 cm³/mol. The maximum atomic E-state index is 13.4. The van der Waals surface area contributed by atoms with Gasteiger partial charge in [0, 0.05) is 42.8 Å². The van der Waals surface area contributed by atoms with Crippen molar-refractivity contribution in [3.05, 3.63) is 65.9 Å². The Morgan fingerprint density at radius 2 is 1.74 bits per heavy atom. The SMILES string of the molecule is CN(C)C(CNS(=O)(=O)c1cc(F)cc(F)c1)c1cn(C)c2ccccc12. The summed E-state index contributed by atoms with van der Waals surface area (Å²) in [5, 5.41) is 1.02. The minimum absolute atomic E-state index is 0.0570. The lowest BCUT2D eigenvalue weighted by molar-refractivity contribution is 0.301. The van der Waals surface area contributed by atoms with Gasteiger partial charge in [-0.25, -0.2) is 21.9 Å². The molecule has 1 atom stereocenters. The van der Waals surface area contributed by atoms with Crippen LogP contribution in [-0.2, 0) is 17.1 Å². The second-order valence-electron chi connectivity index (χ2n) is 6.65. The zero-order valence-electron chi connectivity index (χ0n) is 15.3. The molecule has 0 fully saturated rings. The van der Waals surface area contributed by atoms with Crippen LogP contribution in [0.25, 0.3) is 10.9 Å². The van der Waals surface area contributed by atoms with Crippen molar-refractivity contribution >= 4 is 20.9 Å². The first kappa shape index (κ1) is 19.5. The molecule has 0 radical (unpaired) electrons. The first-order valence-electron chi connectivity index (χ1n) is 8.35. The van der Waals surface area contributed by atoms with E-state index in [0.29, 0.717) is 6.07 Å². The van der Waals surface area contributed by atoms with Crippen LogP contribution in [0.15, 0.2) is 53.6 Å². The smallest absolute Gasteiger partial charge is 0.240 e. The van der Waals surface area contributed by atoms with Crippen LogP contribution in [0.4, 0.5) is 8.78 Å². The van der Waals surface area contributed by atoms with Crippen LogP contribution in [0.2, 0.25) is 0 Å². The Hall–Kier alpha value is -2.29. The fourth-order valence-electron chi connectivity index (χ4n) is 3.16. The molecule has 0 aliphatic rings. The van der Waals surface area contributed by atoms with Gasteiger partial charge >= 0.3 is 0 Å². The van der Waals surface area contributed by atoms with E-state index in [1.165, 1.54) is 0 Å². The highest BCUT2D eigenvalue weighted by atomic mass is 32.2. The average molecular weight is 393 g/mol. The topological polar surface area (TPSA) is 54.3 Å². The lowest BCUT2D eigenvalue weighted by Crippen LogP contribution is -2.34. The predicted octanol–water partition coefficient (Wildman–Crippen LogP) is 3.04. The molecule has 0 bridgehead atoms. The van der Waals surface area contributed by atoms with E-state index in [4.69, 9.17) is 0 Å². The number of halogens is 2. The number of likely N-dealkylation sites (N-methyl/N-ethyl adjacent to an activating group) is 1. The number of hydrogen-bond donors (Lipinski definition) is 1. The minimum Gasteiger partial charge on any atom is -0.350 e. The van der Waals surface area contributed by atoms with Crippen molar-refractivity contribution < 1.29 is 17.2 Å². The third kappa shape index (κ3) is 4.02. The highest BCUT2D eigenvalue weighted by Crippen LogP contribution is 2.28. The number of para-hydroxylation sites is 1. The summed E-state index contributed by atoms with van der Waals surface area (Å²) in [5.41, 5.74) is 2.00. The van der Waals surface area contributed by atoms with Crippen LogP contribution in [0.3, 0.4) is 0 Å². The Bertz CT molecular complexity index is 1060. The summed E-state index contributed by atoms with van der Waals surface area (Å²) < 4.78 is 56.2. The van der Waals surface area contributed by atoms with Crippen molar-refractivity contribution in [1.29, 1.82) is 0 Å². The van der Waals surface area contributed by atoms with Gasteiger partial charge in [0.25, 0.3) is 0 Å². The Morgan fingerprint density at radius 1 is 1.11 bits per heavy atom. The van der Waals surface area contributed by atoms with Gasteiger partial charge in [-0.05, 0) is 37.9 Å². The first-order chi connectivity index (χ1) is 12.7. The zero-order valence-corrected chi connectivity index (χ0v) is 16.1. The van der Waals surface area contributed by atoms with Gasteiger partial charge in [0.05, 0.1) is 4.90 Å². The van der Waals surface area contributed by atoms with E-state index >= 15 is 0 Å². The lowest BCUT2D eigenvalue weighted by Gasteiger charge is -2.24. The molecular weight excluding hydrogens is 372 g/mol. The number of fused-ring (bicyclic) bond motifs is 1. The molecule has 27 heavy (non-hydrogen) atoms. The molecule has 0 spiro atoms. The van der Waals surface area contributed by atoms with E-state index in [0.717, 1.165) is 28.6 Å². The number of nitrogens with zero attached hydrogens (tertiary/aromatic N) is 2. The molecule has 1 N–H and O–H groups in total. The van der Waals surface area contributed by atoms with Crippen LogP contribution < -0.4 is 4.72 Å². The van der Waals surface area contributed by atoms with Crippen molar-refractivity contribution in [2.24, 2.45) is 7.05 Å². The maximum absolute atomic E-state index is 13.4. The molecule has 144 valence electrons. The average Bonchev–Trinajstić information content (AvgIpc) is 2.91. The summed E-state index contributed by atoms with van der Waals surface area (Å²) in [7, 11) is 1.58. The van der Waals surface area contributed by atoms with Crippen LogP contribution in [-0.4, -0.2) is 38.5 Å². The van der Waals surface area contributed by atoms with Gasteiger partial charge in [0.2, 0.25) is 10.0 Å². The molecule has 3 rings (SSSR count). The number of aryl methyl sites for hydroxylation is 1. The summed E-state index contributed by atoms with van der Waals surface area (Å²) in [6.07, 6.45) is 1.96. The van der Waals surface area contributed by atoms with Crippen molar-refractivity contribution in [2.75, 3.05) is 20.6 Å². The molecule has 1 heterocycles. The van der Waals surface area contributed by atoms with E-state index < -0.39 is 26.6 Å². The molecule has 0 aliphatic heterocycles. The van der Waals surface area contributed by atoms with Crippen molar-refractivity contribution in [3.63, 3.8) is 0 Å². The number of rotatable bonds is 6. The van der Waals surface area contributed by atoms with Gasteiger partial charge in [0.1, 0.15) is 11.6 Å². The van der Waals surface area contributed by atoms with Crippen LogP contribution >= 0.6 is 0 Å². The fourth-order valence-corrected chi connectivity index (χ4v) is 4.24. The van der Waals surface area contributed by atoms with Gasteiger partial charge in [-0.1, -0.05) is 18.2 Å². The second-order valence-corrected chi connectivity index (χ2v) is 8.42. The third-order valence-electron chi connectivity index (χ3n) is 4.52. The Kier molecular flexibility index (Phi) is 5.32. The van der Waals surface area contributed by atoms with Gasteiger partial charge in [0.15, 0.2) is 0 Å². The lowest BCUT2D eigenvalue weighted by atomic mass is 10.1. The highest BCUT2D eigenvalue weighted by molar-refractivity contribution is 7.89. The standard InChI is InChI=1S/C19H21F2N3O2S/c1-23(2)19(17-12-24(3)18-7-5-4-6-16(17)18)11-22-27(25,26)15-9-13(20)8-14(21)10-15/h4-10,12,19,22H,11H2,1-3H3. The van der Waals surface area contributed by atoms with Crippen LogP contribution in [0, 0.1) is 11.6 Å². The van der Waals surface area contributed by atoms with E-state index in [1.807, 2.05) is 61.1 Å². The van der Waals surface area contributed by atoms with Gasteiger partial charge in [-0.3, -0.25) is 0 Å². The summed E-state index contributed by atoms with van der Waals surface area (Å²) >= 11 is 0. The van der Waals surface area contributed by atoms with Gasteiger partial charge in [-0.2, -0.15) is 0 Å². The summed E-state index contributed by atoms with van der Waals surface area (Å²) in [6, 6.07) is 9.82. The van der Waals surface area contributed by atoms with E-state index in [9.17, 15) is 17.2 Å². The third-order valence-corrected chi connectivity index (χ3v) is 5.93. The second kappa shape index (κ2) is 7.38. The van der Waals surface area contributed by atoms with E-state index in [1.54, 1.807) is 0 Å². The molecule has 8 heteroatoms. The number of nitrogens with one attached hydrogen (secondary N) is 1. The first-order valence-corrected chi connectivity index (χ1v) is 9.83. The summed E-state index contributed by atoms with van der Waals surface area (Å²) in [6.45, 7) is 0.0570. The number of sulfonamides is 1. The number of benzene rings is 2. The number of aromatic nitrogens is 1. The normalized spacial score (nSPS) is 13.4. The van der Waals surface area contributed by atoms with Crippen molar-refractivity contribution in [2.45, 2.75) is 10.9 Å². The zero-order chi connectivity index (χ0) is 19.8. The Morgan fingerprint density at radius 3 is 2.37 bits per heavy atom. The van der Waals surface area contributed by atoms with E-state index in [-0.39, 0.29) is 12.6 Å². The van der Waals surface area contributed by atoms with Crippen molar-refractivity contribution in [1.82, 2.24) is 14.2 Å². The monoisotopic (exact) mass is 393 g/mol. The molecule has 1 unspecified atom stereocenters. The summed E-state index contributed by atoms with van der Waals surface area (Å²) in [5.74, 6) is -1.87. The maximum Gasteiger partial charge on any atom is 0.240 e. The Balaban J connectivity index is 1.91. The van der Waals surface area contributed by atoms with Crippen LogP contribution in [0.5, 0.6) is 0 Å². The molecule has 0 amide bonds. The molecule has 0 aliphatic carbocycles. The largest absolute Gasteiger partial charge is 0.350 e. The molecular formula is C19H21F2N3O2S. The quantitative estimate of drug-likeness (QED) is 0.700.